The van der Waals surface area contributed by atoms with Gasteiger partial charge in [0.1, 0.15) is 11.6 Å². The number of nitrogen functional groups attached to an aromatic ring is 1. The summed E-state index contributed by atoms with van der Waals surface area (Å²) in [6.45, 7) is 0.606. The van der Waals surface area contributed by atoms with Crippen LogP contribution in [0.15, 0.2) is 84.9 Å². The minimum Gasteiger partial charge on any atom is -0.497 e. The first-order valence-electron chi connectivity index (χ1n) is 10.3. The number of methoxy groups -OCH3 is 1. The number of ether oxygens (including phenoxy) is 1. The summed E-state index contributed by atoms with van der Waals surface area (Å²) >= 11 is 0. The van der Waals surface area contributed by atoms with Gasteiger partial charge in [0.2, 0.25) is 5.95 Å². The Morgan fingerprint density at radius 2 is 1.56 bits per heavy atom. The van der Waals surface area contributed by atoms with Gasteiger partial charge in [-0.3, -0.25) is 0 Å². The molecule has 2 heterocycles. The number of nitrogens with one attached hydrogen (secondary N) is 1. The van der Waals surface area contributed by atoms with Gasteiger partial charge in [-0.05, 0) is 29.8 Å². The van der Waals surface area contributed by atoms with E-state index in [-0.39, 0.29) is 0 Å². The minimum absolute atomic E-state index is 0.485. The van der Waals surface area contributed by atoms with Crippen molar-refractivity contribution in [2.75, 3.05) is 18.2 Å². The van der Waals surface area contributed by atoms with Crippen LogP contribution in [0.3, 0.4) is 0 Å². The molecule has 158 valence electrons. The molecule has 0 atom stereocenters. The Kier molecular flexibility index (Phi) is 5.13. The Labute approximate surface area is 185 Å². The average Bonchev–Trinajstić information content (AvgIpc) is 3.19. The summed E-state index contributed by atoms with van der Waals surface area (Å²) < 4.78 is 6.95. The van der Waals surface area contributed by atoms with Crippen LogP contribution in [0.25, 0.3) is 28.0 Å². The topological polar surface area (TPSA) is 90.9 Å². The van der Waals surface area contributed by atoms with Crippen molar-refractivity contribution in [2.24, 2.45) is 0 Å². The summed E-state index contributed by atoms with van der Waals surface area (Å²) in [4.78, 5) is 9.46. The fourth-order valence-electron chi connectivity index (χ4n) is 3.59. The molecule has 5 aromatic rings. The van der Waals surface area contributed by atoms with Crippen molar-refractivity contribution in [1.29, 1.82) is 0 Å². The standard InChI is InChI=1S/C25H22N6O/c1-32-20-14-12-19(13-15-20)31-23(26)21-22(18-10-6-3-7-11-18)28-25(29-24(21)30-31)27-16-17-8-4-2-5-9-17/h2-15H,16,26H2,1H3,(H,27,29,30). The van der Waals surface area contributed by atoms with Gasteiger partial charge in [0.25, 0.3) is 0 Å². The van der Waals surface area contributed by atoms with Crippen LogP contribution in [-0.2, 0) is 6.54 Å². The van der Waals surface area contributed by atoms with Crippen LogP contribution >= 0.6 is 0 Å². The van der Waals surface area contributed by atoms with E-state index in [0.29, 0.717) is 24.0 Å². The maximum atomic E-state index is 6.56. The van der Waals surface area contributed by atoms with Crippen LogP contribution in [0.4, 0.5) is 11.8 Å². The van der Waals surface area contributed by atoms with Crippen molar-refractivity contribution in [3.63, 3.8) is 0 Å². The number of hydrogen-bond donors (Lipinski definition) is 2. The van der Waals surface area contributed by atoms with Crippen LogP contribution in [0.1, 0.15) is 5.56 Å². The molecule has 0 aliphatic heterocycles. The highest BCUT2D eigenvalue weighted by molar-refractivity contribution is 5.99. The van der Waals surface area contributed by atoms with Gasteiger partial charge >= 0.3 is 0 Å². The summed E-state index contributed by atoms with van der Waals surface area (Å²) in [5.74, 6) is 1.75. The van der Waals surface area contributed by atoms with E-state index >= 15 is 0 Å². The first-order valence-corrected chi connectivity index (χ1v) is 10.3. The monoisotopic (exact) mass is 422 g/mol. The Morgan fingerprint density at radius 1 is 0.875 bits per heavy atom. The molecule has 0 unspecified atom stereocenters. The third-order valence-corrected chi connectivity index (χ3v) is 5.23. The number of aromatic nitrogens is 4. The zero-order valence-corrected chi connectivity index (χ0v) is 17.6. The van der Waals surface area contributed by atoms with Crippen LogP contribution in [0.2, 0.25) is 0 Å². The first-order chi connectivity index (χ1) is 15.7. The molecule has 32 heavy (non-hydrogen) atoms. The summed E-state index contributed by atoms with van der Waals surface area (Å²) in [6.07, 6.45) is 0. The number of benzene rings is 3. The molecule has 3 aromatic carbocycles. The van der Waals surface area contributed by atoms with E-state index in [2.05, 4.69) is 22.4 Å². The SMILES string of the molecule is COc1ccc(-n2nc3nc(NCc4ccccc4)nc(-c4ccccc4)c3c2N)cc1. The lowest BCUT2D eigenvalue weighted by atomic mass is 10.1. The van der Waals surface area contributed by atoms with Gasteiger partial charge < -0.3 is 15.8 Å². The molecule has 3 N–H and O–H groups in total. The third-order valence-electron chi connectivity index (χ3n) is 5.23. The normalized spacial score (nSPS) is 10.9. The molecule has 2 aromatic heterocycles. The van der Waals surface area contributed by atoms with E-state index in [4.69, 9.17) is 20.6 Å². The number of nitrogens with two attached hydrogens (primary N) is 1. The highest BCUT2D eigenvalue weighted by Crippen LogP contribution is 2.33. The Morgan fingerprint density at radius 3 is 2.25 bits per heavy atom. The lowest BCUT2D eigenvalue weighted by Crippen LogP contribution is -2.05. The number of hydrogen-bond acceptors (Lipinski definition) is 6. The van der Waals surface area contributed by atoms with Crippen molar-refractivity contribution in [1.82, 2.24) is 19.7 Å². The van der Waals surface area contributed by atoms with Crippen molar-refractivity contribution in [3.05, 3.63) is 90.5 Å². The first kappa shape index (κ1) is 19.6. The number of nitrogens with zero attached hydrogens (tertiary/aromatic N) is 4. The molecule has 0 saturated carbocycles. The Bertz CT molecular complexity index is 1350. The molecule has 0 aliphatic rings. The quantitative estimate of drug-likeness (QED) is 0.413. The molecular formula is C25H22N6O. The van der Waals surface area contributed by atoms with Crippen molar-refractivity contribution in [2.45, 2.75) is 6.54 Å². The van der Waals surface area contributed by atoms with Gasteiger partial charge in [0, 0.05) is 12.1 Å². The second kappa shape index (κ2) is 8.39. The second-order valence-electron chi connectivity index (χ2n) is 7.29. The Hall–Kier alpha value is -4.39. The fourth-order valence-corrected chi connectivity index (χ4v) is 3.59. The number of fused-ring (bicyclic) bond motifs is 1. The van der Waals surface area contributed by atoms with Gasteiger partial charge in [-0.25, -0.2) is 9.67 Å². The molecule has 0 amide bonds. The molecule has 0 bridgehead atoms. The molecule has 5 rings (SSSR count). The molecular weight excluding hydrogens is 400 g/mol. The van der Waals surface area contributed by atoms with Gasteiger partial charge in [-0.2, -0.15) is 4.98 Å². The van der Waals surface area contributed by atoms with E-state index in [1.165, 1.54) is 0 Å². The number of anilines is 2. The van der Waals surface area contributed by atoms with Crippen LogP contribution in [0, 0.1) is 0 Å². The lowest BCUT2D eigenvalue weighted by molar-refractivity contribution is 0.414. The lowest BCUT2D eigenvalue weighted by Gasteiger charge is -2.09. The average molecular weight is 422 g/mol. The molecule has 0 fully saturated rings. The van der Waals surface area contributed by atoms with E-state index in [0.717, 1.165) is 33.6 Å². The molecule has 7 heteroatoms. The summed E-state index contributed by atoms with van der Waals surface area (Å²) in [6, 6.07) is 27.6. The van der Waals surface area contributed by atoms with Crippen molar-refractivity contribution < 1.29 is 4.74 Å². The molecule has 0 spiro atoms. The largest absolute Gasteiger partial charge is 0.497 e. The molecule has 0 radical (unpaired) electrons. The van der Waals surface area contributed by atoms with Crippen molar-refractivity contribution in [3.8, 4) is 22.7 Å². The summed E-state index contributed by atoms with van der Waals surface area (Å²) in [7, 11) is 1.64. The van der Waals surface area contributed by atoms with E-state index in [1.807, 2.05) is 72.8 Å². The fraction of sp³-hybridized carbons (Fsp3) is 0.0800. The second-order valence-corrected chi connectivity index (χ2v) is 7.29. The van der Waals surface area contributed by atoms with E-state index in [9.17, 15) is 0 Å². The predicted molar refractivity (Wildman–Crippen MR) is 127 cm³/mol. The molecule has 0 aliphatic carbocycles. The van der Waals surface area contributed by atoms with E-state index < -0.39 is 0 Å². The van der Waals surface area contributed by atoms with Gasteiger partial charge in [0.15, 0.2) is 5.65 Å². The maximum Gasteiger partial charge on any atom is 0.225 e. The highest BCUT2D eigenvalue weighted by atomic mass is 16.5. The smallest absolute Gasteiger partial charge is 0.225 e. The van der Waals surface area contributed by atoms with Crippen molar-refractivity contribution >= 4 is 22.8 Å². The number of rotatable bonds is 6. The van der Waals surface area contributed by atoms with Crippen LogP contribution in [-0.4, -0.2) is 26.9 Å². The van der Waals surface area contributed by atoms with Crippen LogP contribution in [0.5, 0.6) is 5.75 Å². The van der Waals surface area contributed by atoms with E-state index in [1.54, 1.807) is 11.8 Å². The predicted octanol–water partition coefficient (Wildman–Crippen LogP) is 4.69. The summed E-state index contributed by atoms with van der Waals surface area (Å²) in [5, 5.41) is 8.74. The third kappa shape index (κ3) is 3.72. The van der Waals surface area contributed by atoms with Gasteiger partial charge in [-0.1, -0.05) is 60.7 Å². The Balaban J connectivity index is 1.62. The highest BCUT2D eigenvalue weighted by Gasteiger charge is 2.19. The van der Waals surface area contributed by atoms with Crippen LogP contribution < -0.4 is 15.8 Å². The summed E-state index contributed by atoms with van der Waals surface area (Å²) in [5.41, 5.74) is 10.7. The molecule has 0 saturated heterocycles. The zero-order chi connectivity index (χ0) is 21.9. The van der Waals surface area contributed by atoms with Gasteiger partial charge in [0.05, 0.1) is 23.9 Å². The maximum absolute atomic E-state index is 6.56. The molecule has 7 nitrogen and oxygen atoms in total. The minimum atomic E-state index is 0.485. The zero-order valence-electron chi connectivity index (χ0n) is 17.6. The van der Waals surface area contributed by atoms with Gasteiger partial charge in [-0.15, -0.1) is 5.10 Å².